The van der Waals surface area contributed by atoms with Crippen LogP contribution in [0.1, 0.15) is 62.3 Å². The highest BCUT2D eigenvalue weighted by atomic mass is 16.5. The number of hydrogen-bond donors (Lipinski definition) is 1. The van der Waals surface area contributed by atoms with Gasteiger partial charge in [-0.15, -0.1) is 0 Å². The van der Waals surface area contributed by atoms with Crippen molar-refractivity contribution in [3.05, 3.63) is 64.7 Å². The topological polar surface area (TPSA) is 76.1 Å². The number of rotatable bonds is 8. The van der Waals surface area contributed by atoms with Crippen LogP contribution in [0.2, 0.25) is 0 Å². The standard InChI is InChI=1S/C27H31NO5/c1-3-5-6-15-28-24(18-9-12-21(13-10-18)32-4-2)23(26(30)27(28)31)25(29)20-11-14-22-19(17-20)8-7-16-33-22/h9-14,17,24,29H,3-8,15-16H2,1-2H3/b25-23-. The van der Waals surface area contributed by atoms with Crippen molar-refractivity contribution in [2.45, 2.75) is 52.0 Å². The van der Waals surface area contributed by atoms with Gasteiger partial charge in [-0.05, 0) is 67.6 Å². The molecule has 2 heterocycles. The fourth-order valence-electron chi connectivity index (χ4n) is 4.57. The second kappa shape index (κ2) is 10.1. The molecule has 2 aliphatic rings. The molecule has 2 aliphatic heterocycles. The van der Waals surface area contributed by atoms with Gasteiger partial charge in [-0.25, -0.2) is 0 Å². The SMILES string of the molecule is CCCCCN1C(=O)C(=O)/C(=C(\O)c2ccc3c(c2)CCCO3)C1c1ccc(OCC)cc1. The van der Waals surface area contributed by atoms with Crippen LogP contribution in [0.25, 0.3) is 5.76 Å². The van der Waals surface area contributed by atoms with Gasteiger partial charge in [-0.3, -0.25) is 9.59 Å². The van der Waals surface area contributed by atoms with E-state index in [1.54, 1.807) is 11.0 Å². The number of fused-ring (bicyclic) bond motifs is 1. The van der Waals surface area contributed by atoms with Crippen molar-refractivity contribution in [1.82, 2.24) is 4.90 Å². The molecule has 0 radical (unpaired) electrons. The largest absolute Gasteiger partial charge is 0.507 e. The van der Waals surface area contributed by atoms with Gasteiger partial charge in [0.2, 0.25) is 0 Å². The number of aryl methyl sites for hydroxylation is 1. The molecular formula is C27H31NO5. The lowest BCUT2D eigenvalue weighted by atomic mass is 9.94. The second-order valence-electron chi connectivity index (χ2n) is 8.48. The van der Waals surface area contributed by atoms with E-state index < -0.39 is 17.7 Å². The number of benzene rings is 2. The normalized spacial score (nSPS) is 19.3. The Bertz CT molecular complexity index is 1060. The zero-order chi connectivity index (χ0) is 23.4. The van der Waals surface area contributed by atoms with Gasteiger partial charge in [0.25, 0.3) is 11.7 Å². The fraction of sp³-hybridized carbons (Fsp3) is 0.407. The van der Waals surface area contributed by atoms with Crippen molar-refractivity contribution in [3.63, 3.8) is 0 Å². The molecule has 0 aromatic heterocycles. The Morgan fingerprint density at radius 3 is 2.64 bits per heavy atom. The summed E-state index contributed by atoms with van der Waals surface area (Å²) in [5.74, 6) is 0.183. The van der Waals surface area contributed by atoms with Crippen LogP contribution in [0.15, 0.2) is 48.0 Å². The van der Waals surface area contributed by atoms with Crippen LogP contribution in [0, 0.1) is 0 Å². The number of ketones is 1. The van der Waals surface area contributed by atoms with Gasteiger partial charge < -0.3 is 19.5 Å². The Balaban J connectivity index is 1.77. The van der Waals surface area contributed by atoms with Gasteiger partial charge in [-0.1, -0.05) is 31.9 Å². The first-order valence-corrected chi connectivity index (χ1v) is 11.8. The Kier molecular flexibility index (Phi) is 7.02. The highest BCUT2D eigenvalue weighted by Crippen LogP contribution is 2.40. The van der Waals surface area contributed by atoms with E-state index in [2.05, 4.69) is 6.92 Å². The lowest BCUT2D eigenvalue weighted by molar-refractivity contribution is -0.139. The summed E-state index contributed by atoms with van der Waals surface area (Å²) in [6, 6.07) is 12.2. The maximum Gasteiger partial charge on any atom is 0.295 e. The Hall–Kier alpha value is -3.28. The minimum Gasteiger partial charge on any atom is -0.507 e. The number of aliphatic hydroxyl groups is 1. The number of amides is 1. The van der Waals surface area contributed by atoms with Crippen LogP contribution in [0.3, 0.4) is 0 Å². The maximum atomic E-state index is 13.1. The molecule has 1 unspecified atom stereocenters. The molecule has 1 amide bonds. The van der Waals surface area contributed by atoms with Gasteiger partial charge in [0.15, 0.2) is 0 Å². The molecule has 1 saturated heterocycles. The molecule has 1 atom stereocenters. The average molecular weight is 450 g/mol. The molecule has 0 saturated carbocycles. The Morgan fingerprint density at radius 1 is 1.12 bits per heavy atom. The van der Waals surface area contributed by atoms with Crippen LogP contribution in [-0.2, 0) is 16.0 Å². The Labute approximate surface area is 194 Å². The molecule has 0 bridgehead atoms. The fourth-order valence-corrected chi connectivity index (χ4v) is 4.57. The number of Topliss-reactive ketones (excluding diaryl/α,β-unsaturated/α-hetero) is 1. The predicted molar refractivity (Wildman–Crippen MR) is 126 cm³/mol. The number of nitrogens with zero attached hydrogens (tertiary/aromatic N) is 1. The molecule has 2 aromatic rings. The highest BCUT2D eigenvalue weighted by molar-refractivity contribution is 6.46. The van der Waals surface area contributed by atoms with Crippen LogP contribution in [0.5, 0.6) is 11.5 Å². The van der Waals surface area contributed by atoms with Crippen LogP contribution in [-0.4, -0.2) is 41.5 Å². The highest BCUT2D eigenvalue weighted by Gasteiger charge is 2.45. The molecule has 2 aromatic carbocycles. The zero-order valence-corrected chi connectivity index (χ0v) is 19.3. The third kappa shape index (κ3) is 4.61. The quantitative estimate of drug-likeness (QED) is 0.265. The minimum absolute atomic E-state index is 0.136. The predicted octanol–water partition coefficient (Wildman–Crippen LogP) is 5.02. The summed E-state index contributed by atoms with van der Waals surface area (Å²) in [6.07, 6.45) is 4.53. The number of carbonyl (C=O) groups excluding carboxylic acids is 2. The molecular weight excluding hydrogens is 418 g/mol. The van der Waals surface area contributed by atoms with Gasteiger partial charge in [0.1, 0.15) is 17.3 Å². The van der Waals surface area contributed by atoms with E-state index in [9.17, 15) is 14.7 Å². The summed E-state index contributed by atoms with van der Waals surface area (Å²) in [6.45, 7) is 5.71. The lowest BCUT2D eigenvalue weighted by Crippen LogP contribution is -2.30. The first-order chi connectivity index (χ1) is 16.0. The average Bonchev–Trinajstić information content (AvgIpc) is 3.09. The number of aliphatic hydroxyl groups excluding tert-OH is 1. The van der Waals surface area contributed by atoms with Crippen molar-refractivity contribution >= 4 is 17.4 Å². The molecule has 33 heavy (non-hydrogen) atoms. The van der Waals surface area contributed by atoms with E-state index in [0.717, 1.165) is 54.7 Å². The molecule has 0 spiro atoms. The molecule has 1 N–H and O–H groups in total. The van der Waals surface area contributed by atoms with Gasteiger partial charge >= 0.3 is 0 Å². The smallest absolute Gasteiger partial charge is 0.295 e. The van der Waals surface area contributed by atoms with E-state index >= 15 is 0 Å². The third-order valence-electron chi connectivity index (χ3n) is 6.23. The van der Waals surface area contributed by atoms with Gasteiger partial charge in [0.05, 0.1) is 24.8 Å². The van der Waals surface area contributed by atoms with E-state index in [4.69, 9.17) is 9.47 Å². The molecule has 1 fully saturated rings. The van der Waals surface area contributed by atoms with Crippen LogP contribution in [0.4, 0.5) is 0 Å². The first kappa shape index (κ1) is 22.9. The summed E-state index contributed by atoms with van der Waals surface area (Å²) < 4.78 is 11.2. The number of unbranched alkanes of at least 4 members (excludes halogenated alkanes) is 2. The molecule has 0 aliphatic carbocycles. The van der Waals surface area contributed by atoms with Crippen molar-refractivity contribution in [2.24, 2.45) is 0 Å². The summed E-state index contributed by atoms with van der Waals surface area (Å²) >= 11 is 0. The van der Waals surface area contributed by atoms with Crippen LogP contribution < -0.4 is 9.47 Å². The van der Waals surface area contributed by atoms with Crippen molar-refractivity contribution in [1.29, 1.82) is 0 Å². The van der Waals surface area contributed by atoms with E-state index in [1.807, 2.05) is 43.3 Å². The molecule has 4 rings (SSSR count). The molecule has 6 heteroatoms. The number of ether oxygens (including phenoxy) is 2. The van der Waals surface area contributed by atoms with Crippen molar-refractivity contribution < 1.29 is 24.2 Å². The summed E-state index contributed by atoms with van der Waals surface area (Å²) in [7, 11) is 0. The lowest BCUT2D eigenvalue weighted by Gasteiger charge is -2.25. The summed E-state index contributed by atoms with van der Waals surface area (Å²) in [4.78, 5) is 27.8. The summed E-state index contributed by atoms with van der Waals surface area (Å²) in [5, 5.41) is 11.3. The first-order valence-electron chi connectivity index (χ1n) is 11.8. The number of carbonyl (C=O) groups is 2. The van der Waals surface area contributed by atoms with Crippen molar-refractivity contribution in [3.8, 4) is 11.5 Å². The van der Waals surface area contributed by atoms with E-state index in [-0.39, 0.29) is 11.3 Å². The summed E-state index contributed by atoms with van der Waals surface area (Å²) in [5.41, 5.74) is 2.44. The number of likely N-dealkylation sites (tertiary alicyclic amines) is 1. The van der Waals surface area contributed by atoms with Crippen molar-refractivity contribution in [2.75, 3.05) is 19.8 Å². The Morgan fingerprint density at radius 2 is 1.91 bits per heavy atom. The zero-order valence-electron chi connectivity index (χ0n) is 19.3. The van der Waals surface area contributed by atoms with E-state index in [0.29, 0.717) is 25.3 Å². The van der Waals surface area contributed by atoms with E-state index in [1.165, 1.54) is 0 Å². The van der Waals surface area contributed by atoms with Gasteiger partial charge in [-0.2, -0.15) is 0 Å². The second-order valence-corrected chi connectivity index (χ2v) is 8.48. The third-order valence-corrected chi connectivity index (χ3v) is 6.23. The monoisotopic (exact) mass is 449 g/mol. The molecule has 174 valence electrons. The number of hydrogen-bond acceptors (Lipinski definition) is 5. The minimum atomic E-state index is -0.642. The van der Waals surface area contributed by atoms with Crippen LogP contribution >= 0.6 is 0 Å². The maximum absolute atomic E-state index is 13.1. The molecule has 6 nitrogen and oxygen atoms in total. The van der Waals surface area contributed by atoms with Gasteiger partial charge in [0, 0.05) is 12.1 Å².